The molecular formula is C18H18O3. The summed E-state index contributed by atoms with van der Waals surface area (Å²) in [6.07, 6.45) is 2.83. The van der Waals surface area contributed by atoms with Gasteiger partial charge in [0.25, 0.3) is 0 Å². The van der Waals surface area contributed by atoms with Crippen molar-refractivity contribution in [1.82, 2.24) is 0 Å². The van der Waals surface area contributed by atoms with Crippen LogP contribution in [0.25, 0.3) is 11.1 Å². The third kappa shape index (κ3) is 2.65. The highest BCUT2D eigenvalue weighted by molar-refractivity contribution is 5.76. The fourth-order valence-electron chi connectivity index (χ4n) is 2.57. The average molecular weight is 282 g/mol. The molecule has 2 N–H and O–H groups in total. The molecule has 0 aromatic heterocycles. The van der Waals surface area contributed by atoms with Crippen LogP contribution in [0.15, 0.2) is 49.1 Å². The van der Waals surface area contributed by atoms with Gasteiger partial charge in [-0.1, -0.05) is 18.2 Å². The summed E-state index contributed by atoms with van der Waals surface area (Å²) in [6.45, 7) is 5.74. The van der Waals surface area contributed by atoms with Crippen molar-refractivity contribution in [2.75, 3.05) is 0 Å². The molecule has 3 nitrogen and oxygen atoms in total. The monoisotopic (exact) mass is 282 g/mol. The van der Waals surface area contributed by atoms with Crippen molar-refractivity contribution in [3.63, 3.8) is 0 Å². The molecule has 0 unspecified atom stereocenters. The highest BCUT2D eigenvalue weighted by Crippen LogP contribution is 2.43. The average Bonchev–Trinajstić information content (AvgIpc) is 3.19. The molecule has 1 heterocycles. The molecule has 2 aromatic carbocycles. The smallest absolute Gasteiger partial charge is 0.123 e. The highest BCUT2D eigenvalue weighted by atomic mass is 16.6. The van der Waals surface area contributed by atoms with Crippen LogP contribution in [0.4, 0.5) is 0 Å². The lowest BCUT2D eigenvalue weighted by Crippen LogP contribution is -1.89. The standard InChI is InChI=1S/C18H18O3/c1-3-4-12-5-7-16(19)14(9-12)15-10-13(6-8-17(15)20)18-11(2)21-18/h3,5-11,18-20H,1,4H2,2H3/t11-,18+/m0/s1. The second-order valence-corrected chi connectivity index (χ2v) is 5.38. The maximum atomic E-state index is 10.1. The van der Waals surface area contributed by atoms with Gasteiger partial charge in [-0.05, 0) is 48.7 Å². The molecule has 3 heteroatoms. The lowest BCUT2D eigenvalue weighted by Gasteiger charge is -2.10. The molecule has 3 rings (SSSR count). The zero-order chi connectivity index (χ0) is 15.0. The molecule has 21 heavy (non-hydrogen) atoms. The Bertz CT molecular complexity index is 691. The molecule has 0 bridgehead atoms. The van der Waals surface area contributed by atoms with Crippen LogP contribution in [0.5, 0.6) is 11.5 Å². The number of rotatable bonds is 4. The molecule has 0 aliphatic carbocycles. The Kier molecular flexibility index (Phi) is 3.43. The summed E-state index contributed by atoms with van der Waals surface area (Å²) in [6, 6.07) is 10.8. The van der Waals surface area contributed by atoms with Gasteiger partial charge in [0.2, 0.25) is 0 Å². The topological polar surface area (TPSA) is 53.0 Å². The third-order valence-corrected chi connectivity index (χ3v) is 3.79. The number of benzene rings is 2. The van der Waals surface area contributed by atoms with Gasteiger partial charge in [-0.25, -0.2) is 0 Å². The van der Waals surface area contributed by atoms with E-state index in [2.05, 4.69) is 6.58 Å². The van der Waals surface area contributed by atoms with Gasteiger partial charge in [0, 0.05) is 11.1 Å². The van der Waals surface area contributed by atoms with E-state index in [9.17, 15) is 10.2 Å². The molecule has 0 spiro atoms. The van der Waals surface area contributed by atoms with E-state index in [4.69, 9.17) is 4.74 Å². The summed E-state index contributed by atoms with van der Waals surface area (Å²) in [4.78, 5) is 0. The van der Waals surface area contributed by atoms with Crippen molar-refractivity contribution in [2.45, 2.75) is 25.6 Å². The fourth-order valence-corrected chi connectivity index (χ4v) is 2.57. The number of ether oxygens (including phenoxy) is 1. The van der Waals surface area contributed by atoms with E-state index in [0.29, 0.717) is 11.1 Å². The lowest BCUT2D eigenvalue weighted by molar-refractivity contribution is 0.383. The van der Waals surface area contributed by atoms with Crippen LogP contribution in [0, 0.1) is 0 Å². The minimum absolute atomic E-state index is 0.0860. The molecule has 2 aromatic rings. The van der Waals surface area contributed by atoms with Gasteiger partial charge in [-0.3, -0.25) is 0 Å². The van der Waals surface area contributed by atoms with Crippen LogP contribution in [0.1, 0.15) is 24.2 Å². The molecule has 1 saturated heterocycles. The maximum Gasteiger partial charge on any atom is 0.123 e. The molecule has 0 amide bonds. The SMILES string of the molecule is C=CCc1ccc(O)c(-c2cc([C@@H]3O[C@H]3C)ccc2O)c1. The predicted octanol–water partition coefficient (Wildman–Crippen LogP) is 3.95. The summed E-state index contributed by atoms with van der Waals surface area (Å²) in [5.41, 5.74) is 3.31. The van der Waals surface area contributed by atoms with Gasteiger partial charge in [0.1, 0.15) is 17.6 Å². The first-order chi connectivity index (χ1) is 10.1. The zero-order valence-electron chi connectivity index (χ0n) is 11.9. The molecule has 0 saturated carbocycles. The Morgan fingerprint density at radius 3 is 2.33 bits per heavy atom. The number of epoxide rings is 1. The van der Waals surface area contributed by atoms with E-state index in [-0.39, 0.29) is 23.7 Å². The van der Waals surface area contributed by atoms with Crippen molar-refractivity contribution in [3.8, 4) is 22.6 Å². The maximum absolute atomic E-state index is 10.1. The van der Waals surface area contributed by atoms with E-state index >= 15 is 0 Å². The first-order valence-electron chi connectivity index (χ1n) is 7.01. The number of hydrogen-bond acceptors (Lipinski definition) is 3. The van der Waals surface area contributed by atoms with E-state index in [1.165, 1.54) is 0 Å². The number of allylic oxidation sites excluding steroid dienone is 1. The highest BCUT2D eigenvalue weighted by Gasteiger charge is 2.36. The quantitative estimate of drug-likeness (QED) is 0.659. The number of phenolic OH excluding ortho intramolecular Hbond substituents is 2. The minimum atomic E-state index is 0.0860. The second-order valence-electron chi connectivity index (χ2n) is 5.38. The van der Waals surface area contributed by atoms with Crippen molar-refractivity contribution < 1.29 is 14.9 Å². The summed E-state index contributed by atoms with van der Waals surface area (Å²) >= 11 is 0. The van der Waals surface area contributed by atoms with Gasteiger partial charge >= 0.3 is 0 Å². The van der Waals surface area contributed by atoms with Crippen LogP contribution in [0.3, 0.4) is 0 Å². The minimum Gasteiger partial charge on any atom is -0.507 e. The van der Waals surface area contributed by atoms with E-state index in [1.807, 2.05) is 37.3 Å². The van der Waals surface area contributed by atoms with Gasteiger partial charge < -0.3 is 14.9 Å². The Hall–Kier alpha value is -2.26. The number of aromatic hydroxyl groups is 2. The van der Waals surface area contributed by atoms with Crippen LogP contribution < -0.4 is 0 Å². The van der Waals surface area contributed by atoms with Crippen molar-refractivity contribution in [3.05, 3.63) is 60.2 Å². The number of phenols is 2. The van der Waals surface area contributed by atoms with Crippen LogP contribution in [-0.2, 0) is 11.2 Å². The molecule has 1 fully saturated rings. The van der Waals surface area contributed by atoms with Crippen LogP contribution in [0.2, 0.25) is 0 Å². The third-order valence-electron chi connectivity index (χ3n) is 3.79. The summed E-state index contributed by atoms with van der Waals surface area (Å²) < 4.78 is 5.47. The molecule has 1 aliphatic rings. The summed E-state index contributed by atoms with van der Waals surface area (Å²) in [5.74, 6) is 0.304. The van der Waals surface area contributed by atoms with E-state index in [1.54, 1.807) is 12.1 Å². The molecular weight excluding hydrogens is 264 g/mol. The molecule has 108 valence electrons. The van der Waals surface area contributed by atoms with Crippen molar-refractivity contribution in [2.24, 2.45) is 0 Å². The molecule has 2 atom stereocenters. The van der Waals surface area contributed by atoms with E-state index < -0.39 is 0 Å². The van der Waals surface area contributed by atoms with E-state index in [0.717, 1.165) is 17.5 Å². The van der Waals surface area contributed by atoms with Gasteiger partial charge in [-0.15, -0.1) is 6.58 Å². The summed E-state index contributed by atoms with van der Waals surface area (Å²) in [5, 5.41) is 20.2. The fraction of sp³-hybridized carbons (Fsp3) is 0.222. The van der Waals surface area contributed by atoms with Crippen LogP contribution >= 0.6 is 0 Å². The first-order valence-corrected chi connectivity index (χ1v) is 7.01. The van der Waals surface area contributed by atoms with Crippen molar-refractivity contribution >= 4 is 0 Å². The van der Waals surface area contributed by atoms with Crippen LogP contribution in [-0.4, -0.2) is 16.3 Å². The summed E-state index contributed by atoms with van der Waals surface area (Å²) in [7, 11) is 0. The van der Waals surface area contributed by atoms with Crippen molar-refractivity contribution in [1.29, 1.82) is 0 Å². The molecule has 0 radical (unpaired) electrons. The Morgan fingerprint density at radius 2 is 1.71 bits per heavy atom. The second kappa shape index (κ2) is 5.26. The first kappa shape index (κ1) is 13.7. The van der Waals surface area contributed by atoms with Gasteiger partial charge in [0.05, 0.1) is 6.10 Å². The van der Waals surface area contributed by atoms with Gasteiger partial charge in [0.15, 0.2) is 0 Å². The Balaban J connectivity index is 2.06. The predicted molar refractivity (Wildman–Crippen MR) is 82.4 cm³/mol. The normalized spacial score (nSPS) is 20.2. The Morgan fingerprint density at radius 1 is 1.10 bits per heavy atom. The molecule has 1 aliphatic heterocycles. The largest absolute Gasteiger partial charge is 0.507 e. The van der Waals surface area contributed by atoms with Gasteiger partial charge in [-0.2, -0.15) is 0 Å². The number of hydrogen-bond donors (Lipinski definition) is 2. The zero-order valence-corrected chi connectivity index (χ0v) is 11.9. The lowest BCUT2D eigenvalue weighted by atomic mass is 9.97. The Labute approximate surface area is 124 Å².